The molecule has 1 unspecified atom stereocenters. The lowest BCUT2D eigenvalue weighted by Gasteiger charge is -2.20. The fourth-order valence-electron chi connectivity index (χ4n) is 4.00. The number of aldehydes is 1. The monoisotopic (exact) mass is 513 g/mol. The molecule has 0 fully saturated rings. The van der Waals surface area contributed by atoms with Gasteiger partial charge in [-0.25, -0.2) is 4.79 Å². The molecule has 5 N–H and O–H groups in total. The molecule has 0 aliphatic rings. The Hall–Kier alpha value is -2.49. The van der Waals surface area contributed by atoms with Crippen LogP contribution in [0, 0.1) is 0 Å². The summed E-state index contributed by atoms with van der Waals surface area (Å²) in [6.45, 7) is 1.93. The molecule has 0 saturated heterocycles. The molecule has 0 spiro atoms. The number of carbonyl (C=O) groups is 5. The zero-order chi connectivity index (χ0) is 27.2. The van der Waals surface area contributed by atoms with Crippen molar-refractivity contribution >= 4 is 30.0 Å². The summed E-state index contributed by atoms with van der Waals surface area (Å²) in [5.41, 5.74) is 0. The molecule has 0 rings (SSSR count). The van der Waals surface area contributed by atoms with Crippen LogP contribution >= 0.6 is 0 Å². The van der Waals surface area contributed by atoms with Gasteiger partial charge in [-0.1, -0.05) is 57.8 Å². The topological polar surface area (TPSA) is 162 Å². The molecule has 36 heavy (non-hydrogen) atoms. The molecular formula is C26H47N3O7. The van der Waals surface area contributed by atoms with Crippen LogP contribution in [0.1, 0.15) is 110 Å². The van der Waals surface area contributed by atoms with Gasteiger partial charge in [0, 0.05) is 32.4 Å². The number of hydrogen-bond donors (Lipinski definition) is 5. The molecule has 0 aromatic carbocycles. The minimum atomic E-state index is -1.24. The third-order valence-corrected chi connectivity index (χ3v) is 6.23. The van der Waals surface area contributed by atoms with Crippen molar-refractivity contribution in [2.75, 3.05) is 7.05 Å². The molecule has 0 saturated carbocycles. The summed E-state index contributed by atoms with van der Waals surface area (Å²) in [5.74, 6) is -3.16. The molecule has 0 heterocycles. The number of amides is 2. The van der Waals surface area contributed by atoms with E-state index in [4.69, 9.17) is 0 Å². The standard InChI is InChI=1S/C26H47N3O7/c1-20(14-12-10-8-6-4-3-5-7-9-11-13-19-30)28-21(25(33)34)16-18-24(32)29-22(26(35)36)15-17-23(31)27-2/h19-22,28H,3-18H2,1-2H3,(H,27,31)(H,29,32)(H,33,34)(H,35,36)/t20?,21-,22-/m0/s1. The number of aliphatic carboxylic acids is 2. The van der Waals surface area contributed by atoms with Gasteiger partial charge in [-0.2, -0.15) is 0 Å². The van der Waals surface area contributed by atoms with Gasteiger partial charge in [0.2, 0.25) is 11.8 Å². The summed E-state index contributed by atoms with van der Waals surface area (Å²) >= 11 is 0. The van der Waals surface area contributed by atoms with Gasteiger partial charge in [-0.05, 0) is 32.6 Å². The van der Waals surface area contributed by atoms with Crippen molar-refractivity contribution in [3.63, 3.8) is 0 Å². The van der Waals surface area contributed by atoms with E-state index in [0.29, 0.717) is 6.42 Å². The average molecular weight is 514 g/mol. The Balaban J connectivity index is 4.09. The van der Waals surface area contributed by atoms with Gasteiger partial charge in [-0.15, -0.1) is 0 Å². The van der Waals surface area contributed by atoms with Crippen molar-refractivity contribution in [1.29, 1.82) is 0 Å². The Bertz CT molecular complexity index is 657. The third kappa shape index (κ3) is 18.8. The van der Waals surface area contributed by atoms with Gasteiger partial charge < -0.3 is 31.0 Å². The minimum Gasteiger partial charge on any atom is -0.480 e. The van der Waals surface area contributed by atoms with E-state index in [0.717, 1.165) is 44.8 Å². The Kier molecular flexibility index (Phi) is 20.3. The fraction of sp³-hybridized carbons (Fsp3) is 0.808. The van der Waals surface area contributed by atoms with Crippen LogP contribution in [0.4, 0.5) is 0 Å². The molecule has 2 amide bonds. The molecule has 0 aromatic heterocycles. The van der Waals surface area contributed by atoms with Gasteiger partial charge in [0.25, 0.3) is 0 Å². The zero-order valence-electron chi connectivity index (χ0n) is 22.1. The first-order chi connectivity index (χ1) is 17.2. The highest BCUT2D eigenvalue weighted by molar-refractivity contribution is 5.85. The Morgan fingerprint density at radius 1 is 0.694 bits per heavy atom. The molecule has 10 heteroatoms. The number of carbonyl (C=O) groups excluding carboxylic acids is 3. The van der Waals surface area contributed by atoms with Gasteiger partial charge >= 0.3 is 11.9 Å². The summed E-state index contributed by atoms with van der Waals surface area (Å²) in [4.78, 5) is 56.7. The van der Waals surface area contributed by atoms with E-state index in [-0.39, 0.29) is 37.6 Å². The quantitative estimate of drug-likeness (QED) is 0.0971. The lowest BCUT2D eigenvalue weighted by Crippen LogP contribution is -2.44. The van der Waals surface area contributed by atoms with E-state index in [1.165, 1.54) is 39.2 Å². The maximum absolute atomic E-state index is 12.2. The molecule has 0 radical (unpaired) electrons. The van der Waals surface area contributed by atoms with Crippen LogP contribution in [0.2, 0.25) is 0 Å². The summed E-state index contributed by atoms with van der Waals surface area (Å²) in [5, 5.41) is 26.6. The number of unbranched alkanes of at least 4 members (excludes halogenated alkanes) is 10. The second-order valence-corrected chi connectivity index (χ2v) is 9.45. The molecule has 0 aliphatic heterocycles. The number of hydrogen-bond acceptors (Lipinski definition) is 6. The Labute approximate surface area is 215 Å². The van der Waals surface area contributed by atoms with Crippen LogP contribution in [0.3, 0.4) is 0 Å². The molecule has 208 valence electrons. The van der Waals surface area contributed by atoms with Gasteiger partial charge in [0.1, 0.15) is 18.4 Å². The van der Waals surface area contributed by atoms with Crippen LogP contribution in [0.15, 0.2) is 0 Å². The van der Waals surface area contributed by atoms with Crippen molar-refractivity contribution in [2.24, 2.45) is 0 Å². The molecule has 10 nitrogen and oxygen atoms in total. The molecular weight excluding hydrogens is 466 g/mol. The predicted molar refractivity (Wildman–Crippen MR) is 138 cm³/mol. The maximum Gasteiger partial charge on any atom is 0.326 e. The molecule has 3 atom stereocenters. The van der Waals surface area contributed by atoms with Crippen molar-refractivity contribution in [2.45, 2.75) is 128 Å². The SMILES string of the molecule is CNC(=O)CC[C@H](NC(=O)CC[C@H](NC(C)CCCCCCCCCCCCC=O)C(=O)O)C(=O)O. The normalized spacial score (nSPS) is 13.4. The molecule has 0 aromatic rings. The summed E-state index contributed by atoms with van der Waals surface area (Å²) < 4.78 is 0. The van der Waals surface area contributed by atoms with E-state index in [1.54, 1.807) is 0 Å². The second-order valence-electron chi connectivity index (χ2n) is 9.45. The van der Waals surface area contributed by atoms with Crippen molar-refractivity contribution < 1.29 is 34.2 Å². The van der Waals surface area contributed by atoms with Gasteiger partial charge in [0.05, 0.1) is 0 Å². The number of carboxylic acid groups (broad SMARTS) is 2. The zero-order valence-corrected chi connectivity index (χ0v) is 22.1. The number of rotatable bonds is 24. The highest BCUT2D eigenvalue weighted by Crippen LogP contribution is 2.13. The summed E-state index contributed by atoms with van der Waals surface area (Å²) in [6.07, 6.45) is 13.8. The van der Waals surface area contributed by atoms with E-state index in [9.17, 15) is 34.2 Å². The van der Waals surface area contributed by atoms with Crippen LogP contribution in [0.25, 0.3) is 0 Å². The van der Waals surface area contributed by atoms with Gasteiger partial charge in [0.15, 0.2) is 0 Å². The smallest absolute Gasteiger partial charge is 0.326 e. The van der Waals surface area contributed by atoms with E-state index >= 15 is 0 Å². The lowest BCUT2D eigenvalue weighted by molar-refractivity contribution is -0.143. The van der Waals surface area contributed by atoms with E-state index < -0.39 is 29.9 Å². The molecule has 0 aliphatic carbocycles. The van der Waals surface area contributed by atoms with Crippen molar-refractivity contribution in [3.05, 3.63) is 0 Å². The first kappa shape index (κ1) is 33.5. The van der Waals surface area contributed by atoms with E-state index in [2.05, 4.69) is 16.0 Å². The van der Waals surface area contributed by atoms with Crippen LogP contribution in [0.5, 0.6) is 0 Å². The second kappa shape index (κ2) is 21.8. The lowest BCUT2D eigenvalue weighted by atomic mass is 10.0. The Morgan fingerprint density at radius 3 is 1.67 bits per heavy atom. The van der Waals surface area contributed by atoms with Crippen LogP contribution in [-0.4, -0.2) is 65.4 Å². The first-order valence-electron chi connectivity index (χ1n) is 13.4. The fourth-order valence-corrected chi connectivity index (χ4v) is 4.00. The highest BCUT2D eigenvalue weighted by Gasteiger charge is 2.24. The third-order valence-electron chi connectivity index (χ3n) is 6.23. The number of nitrogens with one attached hydrogen (secondary N) is 3. The number of carboxylic acids is 2. The van der Waals surface area contributed by atoms with Crippen LogP contribution < -0.4 is 16.0 Å². The average Bonchev–Trinajstić information content (AvgIpc) is 2.84. The largest absolute Gasteiger partial charge is 0.480 e. The van der Waals surface area contributed by atoms with Crippen molar-refractivity contribution in [1.82, 2.24) is 16.0 Å². The van der Waals surface area contributed by atoms with Crippen molar-refractivity contribution in [3.8, 4) is 0 Å². The molecule has 0 bridgehead atoms. The Morgan fingerprint density at radius 2 is 1.17 bits per heavy atom. The maximum atomic E-state index is 12.2. The predicted octanol–water partition coefficient (Wildman–Crippen LogP) is 3.17. The van der Waals surface area contributed by atoms with Crippen LogP contribution in [-0.2, 0) is 24.0 Å². The highest BCUT2D eigenvalue weighted by atomic mass is 16.4. The summed E-state index contributed by atoms with van der Waals surface area (Å²) in [6, 6.07) is -2.11. The van der Waals surface area contributed by atoms with E-state index in [1.807, 2.05) is 6.92 Å². The minimum absolute atomic E-state index is 0.0140. The van der Waals surface area contributed by atoms with Gasteiger partial charge in [-0.3, -0.25) is 14.4 Å². The summed E-state index contributed by atoms with van der Waals surface area (Å²) in [7, 11) is 1.45. The first-order valence-corrected chi connectivity index (χ1v) is 13.4.